The molecule has 0 amide bonds. The number of carbonyl (C=O) groups excluding carboxylic acids is 4. The average molecular weight is 554 g/mol. The molecule has 0 heterocycles. The van der Waals surface area contributed by atoms with Crippen LogP contribution in [0.2, 0.25) is 0 Å². The quantitative estimate of drug-likeness (QED) is 0.119. The molecule has 0 aliphatic carbocycles. The van der Waals surface area contributed by atoms with Crippen LogP contribution in [0.15, 0.2) is 18.2 Å². The van der Waals surface area contributed by atoms with E-state index < -0.39 is 23.8 Å². The van der Waals surface area contributed by atoms with Gasteiger partial charge < -0.3 is 34.2 Å². The summed E-state index contributed by atoms with van der Waals surface area (Å²) >= 11 is 0. The van der Waals surface area contributed by atoms with Gasteiger partial charge in [-0.05, 0) is 42.9 Å². The van der Waals surface area contributed by atoms with Gasteiger partial charge in [0.05, 0.1) is 26.9 Å². The van der Waals surface area contributed by atoms with Gasteiger partial charge in [0, 0.05) is 19.3 Å². The molecule has 1 aromatic rings. The number of ether oxygens (including phenoxy) is 6. The topological polar surface area (TPSA) is 150 Å². The Morgan fingerprint density at radius 3 is 2.00 bits per heavy atom. The first-order chi connectivity index (χ1) is 18.5. The molecule has 1 rings (SSSR count). The first-order valence-electron chi connectivity index (χ1n) is 13.4. The van der Waals surface area contributed by atoms with E-state index in [1.165, 1.54) is 19.2 Å². The molecule has 0 bridgehead atoms. The molecule has 0 radical (unpaired) electrons. The number of carbonyl (C=O) groups is 4. The van der Waals surface area contributed by atoms with E-state index >= 15 is 0 Å². The van der Waals surface area contributed by atoms with Gasteiger partial charge in [0.1, 0.15) is 5.54 Å². The van der Waals surface area contributed by atoms with E-state index in [-0.39, 0.29) is 56.6 Å². The van der Waals surface area contributed by atoms with E-state index in [1.54, 1.807) is 6.07 Å². The second-order valence-electron chi connectivity index (χ2n) is 9.62. The van der Waals surface area contributed by atoms with E-state index in [9.17, 15) is 19.2 Å². The van der Waals surface area contributed by atoms with Crippen LogP contribution >= 0.6 is 0 Å². The Morgan fingerprint density at radius 2 is 1.46 bits per heavy atom. The van der Waals surface area contributed by atoms with Crippen LogP contribution in [0, 0.1) is 5.92 Å². The Hall–Kier alpha value is -3.34. The Morgan fingerprint density at radius 1 is 0.872 bits per heavy atom. The lowest BCUT2D eigenvalue weighted by Gasteiger charge is -2.26. The van der Waals surface area contributed by atoms with Crippen molar-refractivity contribution in [3.63, 3.8) is 0 Å². The maximum atomic E-state index is 12.6. The van der Waals surface area contributed by atoms with Gasteiger partial charge in [-0.3, -0.25) is 9.59 Å². The fourth-order valence-corrected chi connectivity index (χ4v) is 3.32. The SMILES string of the molecule is CCCCOC(=O)Oc1ccc(C[C@](N)(CCOC(=O)CCC(C)C)C(=O)OC)cc1OC(=O)OCCCC. The van der Waals surface area contributed by atoms with E-state index in [0.29, 0.717) is 30.7 Å². The second-order valence-corrected chi connectivity index (χ2v) is 9.62. The number of hydrogen-bond acceptors (Lipinski definition) is 11. The molecular weight excluding hydrogens is 510 g/mol. The summed E-state index contributed by atoms with van der Waals surface area (Å²) in [7, 11) is 1.21. The van der Waals surface area contributed by atoms with Crippen molar-refractivity contribution < 1.29 is 47.6 Å². The highest BCUT2D eigenvalue weighted by Gasteiger charge is 2.36. The summed E-state index contributed by atoms with van der Waals surface area (Å²) in [5.41, 5.74) is 5.33. The van der Waals surface area contributed by atoms with Gasteiger partial charge in [-0.1, -0.05) is 46.6 Å². The third kappa shape index (κ3) is 13.3. The molecule has 0 unspecified atom stereocenters. The Balaban J connectivity index is 3.07. The van der Waals surface area contributed by atoms with Crippen LogP contribution in [0.5, 0.6) is 11.5 Å². The molecule has 0 spiro atoms. The third-order valence-corrected chi connectivity index (χ3v) is 5.68. The lowest BCUT2D eigenvalue weighted by molar-refractivity contribution is -0.151. The first-order valence-corrected chi connectivity index (χ1v) is 13.4. The fraction of sp³-hybridized carbons (Fsp3) is 0.643. The molecule has 39 heavy (non-hydrogen) atoms. The van der Waals surface area contributed by atoms with Crippen LogP contribution in [0.3, 0.4) is 0 Å². The smallest absolute Gasteiger partial charge is 0.468 e. The van der Waals surface area contributed by atoms with Crippen molar-refractivity contribution in [3.05, 3.63) is 23.8 Å². The maximum Gasteiger partial charge on any atom is 0.513 e. The van der Waals surface area contributed by atoms with Crippen LogP contribution in [0.25, 0.3) is 0 Å². The summed E-state index contributed by atoms with van der Waals surface area (Å²) in [6, 6.07) is 4.37. The molecule has 11 heteroatoms. The summed E-state index contributed by atoms with van der Waals surface area (Å²) < 4.78 is 30.8. The highest BCUT2D eigenvalue weighted by atomic mass is 16.7. The standard InChI is InChI=1S/C28H43NO10/c1-6-8-15-36-26(32)38-22-12-11-21(18-23(22)39-27(33)37-16-9-7-2)19-28(29,25(31)34-5)14-17-35-24(30)13-10-20(3)4/h11-12,18,20H,6-10,13-17,19,29H2,1-5H3/t28-/m1/s1. The average Bonchev–Trinajstić information content (AvgIpc) is 2.88. The number of unbranched alkanes of at least 4 members (excludes halogenated alkanes) is 2. The zero-order valence-corrected chi connectivity index (χ0v) is 23.7. The van der Waals surface area contributed by atoms with Crippen molar-refractivity contribution in [3.8, 4) is 11.5 Å². The molecule has 1 atom stereocenters. The summed E-state index contributed by atoms with van der Waals surface area (Å²) in [4.78, 5) is 48.9. The summed E-state index contributed by atoms with van der Waals surface area (Å²) in [5.74, 6) is -0.921. The molecule has 11 nitrogen and oxygen atoms in total. The Labute approximate surface area is 230 Å². The Kier molecular flexibility index (Phi) is 15.6. The predicted molar refractivity (Wildman–Crippen MR) is 142 cm³/mol. The molecule has 0 saturated carbocycles. The molecule has 2 N–H and O–H groups in total. The summed E-state index contributed by atoms with van der Waals surface area (Å²) in [6.07, 6.45) is 1.93. The highest BCUT2D eigenvalue weighted by Crippen LogP contribution is 2.31. The van der Waals surface area contributed by atoms with Crippen LogP contribution in [0.1, 0.15) is 78.2 Å². The minimum Gasteiger partial charge on any atom is -0.468 e. The van der Waals surface area contributed by atoms with Crippen molar-refractivity contribution in [1.29, 1.82) is 0 Å². The van der Waals surface area contributed by atoms with Gasteiger partial charge >= 0.3 is 24.2 Å². The lowest BCUT2D eigenvalue weighted by atomic mass is 9.88. The van der Waals surface area contributed by atoms with Crippen molar-refractivity contribution in [1.82, 2.24) is 0 Å². The van der Waals surface area contributed by atoms with Gasteiger partial charge in [-0.2, -0.15) is 0 Å². The number of nitrogens with two attached hydrogens (primary N) is 1. The molecule has 0 aliphatic rings. The van der Waals surface area contributed by atoms with Crippen LogP contribution in [-0.2, 0) is 35.0 Å². The monoisotopic (exact) mass is 553 g/mol. The van der Waals surface area contributed by atoms with E-state index in [2.05, 4.69) is 0 Å². The van der Waals surface area contributed by atoms with E-state index in [4.69, 9.17) is 34.2 Å². The minimum atomic E-state index is -1.55. The predicted octanol–water partition coefficient (Wildman–Crippen LogP) is 5.10. The molecule has 0 aliphatic heterocycles. The molecule has 0 saturated heterocycles. The Bertz CT molecular complexity index is 933. The first kappa shape index (κ1) is 33.7. The van der Waals surface area contributed by atoms with Gasteiger partial charge in [-0.25, -0.2) is 9.59 Å². The van der Waals surface area contributed by atoms with Crippen molar-refractivity contribution in [2.45, 2.75) is 84.6 Å². The van der Waals surface area contributed by atoms with Gasteiger partial charge in [0.2, 0.25) is 0 Å². The van der Waals surface area contributed by atoms with E-state index in [0.717, 1.165) is 12.8 Å². The number of hydrogen-bond donors (Lipinski definition) is 1. The number of esters is 2. The summed E-state index contributed by atoms with van der Waals surface area (Å²) in [5, 5.41) is 0. The fourth-order valence-electron chi connectivity index (χ4n) is 3.32. The second kappa shape index (κ2) is 18.0. The van der Waals surface area contributed by atoms with Gasteiger partial charge in [-0.15, -0.1) is 0 Å². The number of rotatable bonds is 17. The largest absolute Gasteiger partial charge is 0.513 e. The maximum absolute atomic E-state index is 12.6. The molecule has 1 aromatic carbocycles. The van der Waals surface area contributed by atoms with Gasteiger partial charge in [0.25, 0.3) is 0 Å². The van der Waals surface area contributed by atoms with E-state index in [1.807, 2.05) is 27.7 Å². The highest BCUT2D eigenvalue weighted by molar-refractivity contribution is 5.81. The summed E-state index contributed by atoms with van der Waals surface area (Å²) in [6.45, 7) is 8.16. The third-order valence-electron chi connectivity index (χ3n) is 5.68. The lowest BCUT2D eigenvalue weighted by Crippen LogP contribution is -2.51. The number of methoxy groups -OCH3 is 1. The van der Waals surface area contributed by atoms with Gasteiger partial charge in [0.15, 0.2) is 11.5 Å². The van der Waals surface area contributed by atoms with Crippen LogP contribution in [0.4, 0.5) is 9.59 Å². The zero-order valence-electron chi connectivity index (χ0n) is 23.7. The molecular formula is C28H43NO10. The van der Waals surface area contributed by atoms with Crippen LogP contribution < -0.4 is 15.2 Å². The minimum absolute atomic E-state index is 0.00958. The number of benzene rings is 1. The van der Waals surface area contributed by atoms with Crippen molar-refractivity contribution in [2.24, 2.45) is 11.7 Å². The van der Waals surface area contributed by atoms with Crippen molar-refractivity contribution in [2.75, 3.05) is 26.9 Å². The zero-order chi connectivity index (χ0) is 29.3. The normalized spacial score (nSPS) is 12.3. The van der Waals surface area contributed by atoms with Crippen LogP contribution in [-0.4, -0.2) is 56.7 Å². The molecule has 220 valence electrons. The molecule has 0 fully saturated rings. The molecule has 0 aromatic heterocycles. The van der Waals surface area contributed by atoms with Crippen molar-refractivity contribution >= 4 is 24.2 Å².